The Hall–Kier alpha value is -3.71. The molecule has 0 amide bonds. The van der Waals surface area contributed by atoms with Gasteiger partial charge >= 0.3 is 0 Å². The van der Waals surface area contributed by atoms with Crippen LogP contribution in [0.25, 0.3) is 22.3 Å². The molecule has 0 spiro atoms. The van der Waals surface area contributed by atoms with E-state index in [4.69, 9.17) is 23.4 Å². The fourth-order valence-electron chi connectivity index (χ4n) is 3.81. The Morgan fingerprint density at radius 3 is 2.23 bits per heavy atom. The van der Waals surface area contributed by atoms with Gasteiger partial charge in [-0.25, -0.2) is 0 Å². The third-order valence-corrected chi connectivity index (χ3v) is 5.74. The van der Waals surface area contributed by atoms with E-state index in [1.165, 1.54) is 33.3 Å². The minimum Gasteiger partial charge on any atom is -0.504 e. The molecule has 2 heterocycles. The number of methoxy groups -OCH3 is 2. The van der Waals surface area contributed by atoms with Crippen LogP contribution in [0.15, 0.2) is 33.5 Å². The highest BCUT2D eigenvalue weighted by atomic mass is 16.7. The molecule has 1 fully saturated rings. The average Bonchev–Trinajstić information content (AvgIpc) is 2.83. The summed E-state index contributed by atoms with van der Waals surface area (Å²) >= 11 is 0. The summed E-state index contributed by atoms with van der Waals surface area (Å²) in [7, 11) is 2.58. The molecule has 0 unspecified atom stereocenters. The molecule has 0 aliphatic carbocycles. The van der Waals surface area contributed by atoms with Gasteiger partial charge in [0.25, 0.3) is 0 Å². The smallest absolute Gasteiger partial charge is 0.239 e. The third kappa shape index (κ3) is 4.06. The number of ether oxygens (including phenoxy) is 4. The molecule has 3 aromatic rings. The van der Waals surface area contributed by atoms with Crippen molar-refractivity contribution in [2.45, 2.75) is 37.6 Å². The number of fused-ring (bicyclic) bond motifs is 1. The summed E-state index contributed by atoms with van der Waals surface area (Å²) in [6.07, 6.45) is -7.39. The van der Waals surface area contributed by atoms with Crippen molar-refractivity contribution in [1.29, 1.82) is 0 Å². The topological polar surface area (TPSA) is 189 Å². The second kappa shape index (κ2) is 9.15. The Bertz CT molecular complexity index is 1320. The maximum absolute atomic E-state index is 13.6. The van der Waals surface area contributed by atoms with Crippen LogP contribution in [0.1, 0.15) is 6.92 Å². The third-order valence-electron chi connectivity index (χ3n) is 5.74. The maximum Gasteiger partial charge on any atom is 0.239 e. The highest BCUT2D eigenvalue weighted by Crippen LogP contribution is 2.44. The molecule has 0 radical (unpaired) electrons. The molecule has 5 atom stereocenters. The van der Waals surface area contributed by atoms with Crippen LogP contribution in [0.3, 0.4) is 0 Å². The van der Waals surface area contributed by atoms with E-state index in [0.717, 1.165) is 12.1 Å². The summed E-state index contributed by atoms with van der Waals surface area (Å²) in [5, 5.41) is 60.5. The highest BCUT2D eigenvalue weighted by Gasteiger charge is 2.44. The number of phenolic OH excluding ortho intramolecular Hbond substituents is 3. The Morgan fingerprint density at radius 2 is 1.60 bits per heavy atom. The minimum atomic E-state index is -1.75. The molecule has 0 bridgehead atoms. The molecule has 6 N–H and O–H groups in total. The number of aromatic hydroxyl groups is 3. The van der Waals surface area contributed by atoms with Crippen LogP contribution < -0.4 is 19.6 Å². The van der Waals surface area contributed by atoms with E-state index in [0.29, 0.717) is 0 Å². The van der Waals surface area contributed by atoms with Crippen molar-refractivity contribution >= 4 is 11.0 Å². The largest absolute Gasteiger partial charge is 0.504 e. The van der Waals surface area contributed by atoms with Crippen LogP contribution in [0.5, 0.6) is 34.5 Å². The second-order valence-electron chi connectivity index (χ2n) is 7.93. The molecule has 2 aromatic carbocycles. The first-order valence-electron chi connectivity index (χ1n) is 10.4. The van der Waals surface area contributed by atoms with Crippen LogP contribution in [-0.2, 0) is 4.74 Å². The second-order valence-corrected chi connectivity index (χ2v) is 7.93. The number of hydrogen-bond donors (Lipinski definition) is 6. The van der Waals surface area contributed by atoms with Crippen molar-refractivity contribution in [3.63, 3.8) is 0 Å². The summed E-state index contributed by atoms with van der Waals surface area (Å²) in [5.41, 5.74) is -0.951. The van der Waals surface area contributed by atoms with Gasteiger partial charge in [-0.05, 0) is 25.1 Å². The number of aliphatic hydroxyl groups is 3. The van der Waals surface area contributed by atoms with Crippen LogP contribution in [0.2, 0.25) is 0 Å². The van der Waals surface area contributed by atoms with Crippen LogP contribution in [0, 0.1) is 0 Å². The Balaban J connectivity index is 1.97. The zero-order valence-corrected chi connectivity index (χ0v) is 18.8. The lowest BCUT2D eigenvalue weighted by Gasteiger charge is -2.38. The molecule has 188 valence electrons. The average molecular weight is 492 g/mol. The fraction of sp³-hybridized carbons (Fsp3) is 0.348. The standard InChI is InChI=1S/C23H24O12/c1-8-15(26)18(29)19(30)23(33-8)35-22-17(28)14-12(7-13(31-2)21(32-3)16(14)27)34-20(22)9-4-5-10(24)11(25)6-9/h4-8,15,18-19,23-27,29-30H,1-3H3/t8-,15-,18+,19+,23+/m1/s1. The predicted molar refractivity (Wildman–Crippen MR) is 119 cm³/mol. The summed E-state index contributed by atoms with van der Waals surface area (Å²) in [6, 6.07) is 4.88. The first-order valence-corrected chi connectivity index (χ1v) is 10.4. The molecule has 35 heavy (non-hydrogen) atoms. The zero-order valence-electron chi connectivity index (χ0n) is 18.8. The van der Waals surface area contributed by atoms with Gasteiger partial charge in [0.1, 0.15) is 29.3 Å². The Labute approximate surface area is 197 Å². The zero-order chi connectivity index (χ0) is 25.6. The lowest BCUT2D eigenvalue weighted by molar-refractivity contribution is -0.268. The Morgan fingerprint density at radius 1 is 0.886 bits per heavy atom. The van der Waals surface area contributed by atoms with Crippen molar-refractivity contribution < 1.29 is 54.0 Å². The fourth-order valence-corrected chi connectivity index (χ4v) is 3.81. The van der Waals surface area contributed by atoms with Gasteiger partial charge in [-0.15, -0.1) is 0 Å². The van der Waals surface area contributed by atoms with Gasteiger partial charge in [0.05, 0.1) is 20.3 Å². The first-order chi connectivity index (χ1) is 16.6. The first kappa shape index (κ1) is 24.4. The summed E-state index contributed by atoms with van der Waals surface area (Å²) in [5.74, 6) is -2.44. The minimum absolute atomic E-state index is 0.0609. The van der Waals surface area contributed by atoms with Gasteiger partial charge < -0.3 is 54.0 Å². The molecular formula is C23H24O12. The summed E-state index contributed by atoms with van der Waals surface area (Å²) in [4.78, 5) is 13.6. The van der Waals surface area contributed by atoms with Crippen LogP contribution in [-0.4, -0.2) is 75.6 Å². The van der Waals surface area contributed by atoms with E-state index in [-0.39, 0.29) is 33.8 Å². The van der Waals surface area contributed by atoms with Crippen molar-refractivity contribution in [3.05, 3.63) is 34.5 Å². The highest BCUT2D eigenvalue weighted by molar-refractivity contribution is 5.91. The molecule has 12 heteroatoms. The maximum atomic E-state index is 13.6. The van der Waals surface area contributed by atoms with E-state index in [9.17, 15) is 35.4 Å². The quantitative estimate of drug-likeness (QED) is 0.275. The van der Waals surface area contributed by atoms with E-state index in [1.54, 1.807) is 0 Å². The van der Waals surface area contributed by atoms with Gasteiger partial charge in [0.2, 0.25) is 23.2 Å². The lowest BCUT2D eigenvalue weighted by atomic mass is 10.00. The molecule has 4 rings (SSSR count). The van der Waals surface area contributed by atoms with E-state index >= 15 is 0 Å². The van der Waals surface area contributed by atoms with Crippen LogP contribution in [0.4, 0.5) is 0 Å². The molecule has 0 saturated carbocycles. The number of aliphatic hydroxyl groups excluding tert-OH is 3. The number of benzene rings is 2. The number of rotatable bonds is 5. The molecule has 1 aromatic heterocycles. The van der Waals surface area contributed by atoms with Crippen molar-refractivity contribution in [2.75, 3.05) is 14.2 Å². The van der Waals surface area contributed by atoms with Crippen LogP contribution >= 0.6 is 0 Å². The SMILES string of the molecule is COc1cc2oc(-c3ccc(O)c(O)c3)c(O[C@@H]3O[C@H](C)[C@@H](O)[C@H](O)[C@@H]3O)c(=O)c2c(O)c1OC. The molecular weight excluding hydrogens is 468 g/mol. The molecule has 1 aliphatic rings. The van der Waals surface area contributed by atoms with E-state index in [1.807, 2.05) is 0 Å². The van der Waals surface area contributed by atoms with Gasteiger partial charge in [0, 0.05) is 11.6 Å². The van der Waals surface area contributed by atoms with Gasteiger partial charge in [-0.2, -0.15) is 0 Å². The summed E-state index contributed by atoms with van der Waals surface area (Å²) < 4.78 is 27.3. The monoisotopic (exact) mass is 492 g/mol. The number of phenols is 3. The van der Waals surface area contributed by atoms with Gasteiger partial charge in [0.15, 0.2) is 28.8 Å². The van der Waals surface area contributed by atoms with Gasteiger partial charge in [-0.1, -0.05) is 0 Å². The number of hydrogen-bond acceptors (Lipinski definition) is 12. The van der Waals surface area contributed by atoms with E-state index in [2.05, 4.69) is 0 Å². The predicted octanol–water partition coefficient (Wildman–Crippen LogP) is 0.800. The normalized spacial score (nSPS) is 24.3. The molecule has 1 saturated heterocycles. The van der Waals surface area contributed by atoms with Crippen molar-refractivity contribution in [3.8, 4) is 45.8 Å². The molecule has 1 aliphatic heterocycles. The van der Waals surface area contributed by atoms with Crippen molar-refractivity contribution in [1.82, 2.24) is 0 Å². The Kier molecular flexibility index (Phi) is 6.38. The van der Waals surface area contributed by atoms with Crippen molar-refractivity contribution in [2.24, 2.45) is 0 Å². The van der Waals surface area contributed by atoms with E-state index < -0.39 is 59.1 Å². The molecule has 12 nitrogen and oxygen atoms in total. The summed E-state index contributed by atoms with van der Waals surface area (Å²) in [6.45, 7) is 1.43. The lowest BCUT2D eigenvalue weighted by Crippen LogP contribution is -2.58. The van der Waals surface area contributed by atoms with Gasteiger partial charge in [-0.3, -0.25) is 4.79 Å².